The fourth-order valence-corrected chi connectivity index (χ4v) is 0.729. The Labute approximate surface area is 55.1 Å². The van der Waals surface area contributed by atoms with Crippen molar-refractivity contribution >= 4 is 0 Å². The van der Waals surface area contributed by atoms with Gasteiger partial charge in [-0.05, 0) is 13.5 Å². The molecule has 3 heteroatoms. The van der Waals surface area contributed by atoms with Crippen LogP contribution >= 0.6 is 0 Å². The molecule has 1 atom stereocenters. The molecule has 0 aromatic carbocycles. The first-order chi connectivity index (χ1) is 4.33. The molecule has 1 rings (SSSR count). The van der Waals surface area contributed by atoms with Crippen LogP contribution in [0.4, 0.5) is 0 Å². The van der Waals surface area contributed by atoms with Gasteiger partial charge >= 0.3 is 0 Å². The first-order valence-corrected chi connectivity index (χ1v) is 3.15. The van der Waals surface area contributed by atoms with Gasteiger partial charge in [-0.1, -0.05) is 6.92 Å². The van der Waals surface area contributed by atoms with Crippen molar-refractivity contribution in [3.8, 4) is 0 Å². The molecule has 1 unspecified atom stereocenters. The minimum absolute atomic E-state index is 0.00463. The Balaban J connectivity index is 2.21. The Morgan fingerprint density at radius 2 is 2.67 bits per heavy atom. The lowest BCUT2D eigenvalue weighted by Gasteiger charge is -2.11. The van der Waals surface area contributed by atoms with Gasteiger partial charge < -0.3 is 10.1 Å². The third-order valence-electron chi connectivity index (χ3n) is 1.13. The van der Waals surface area contributed by atoms with Crippen LogP contribution in [0.1, 0.15) is 13.8 Å². The second-order valence-electron chi connectivity index (χ2n) is 2.02. The molecule has 3 nitrogen and oxygen atoms in total. The Bertz CT molecular complexity index is 122. The third kappa shape index (κ3) is 1.61. The normalized spacial score (nSPS) is 24.7. The van der Waals surface area contributed by atoms with Crippen molar-refractivity contribution < 1.29 is 4.74 Å². The van der Waals surface area contributed by atoms with E-state index in [9.17, 15) is 0 Å². The first kappa shape index (κ1) is 6.42. The van der Waals surface area contributed by atoms with E-state index in [2.05, 4.69) is 10.6 Å². The highest BCUT2D eigenvalue weighted by atomic mass is 16.5. The first-order valence-electron chi connectivity index (χ1n) is 3.15. The Morgan fingerprint density at radius 3 is 3.11 bits per heavy atom. The molecular formula is C6H12N2O. The zero-order valence-electron chi connectivity index (χ0n) is 5.77. The fourth-order valence-electron chi connectivity index (χ4n) is 0.729. The molecule has 1 heterocycles. The van der Waals surface area contributed by atoms with Crippen molar-refractivity contribution in [2.24, 2.45) is 0 Å². The van der Waals surface area contributed by atoms with Gasteiger partial charge in [0.15, 0.2) is 0 Å². The quantitative estimate of drug-likeness (QED) is 0.563. The van der Waals surface area contributed by atoms with E-state index in [1.54, 1.807) is 6.26 Å². The Morgan fingerprint density at radius 1 is 1.89 bits per heavy atom. The Hall–Kier alpha value is -0.700. The number of rotatable bonds is 2. The maximum Gasteiger partial charge on any atom is 0.226 e. The summed E-state index contributed by atoms with van der Waals surface area (Å²) in [7, 11) is 0. The maximum atomic E-state index is 5.12. The third-order valence-corrected chi connectivity index (χ3v) is 1.13. The fraction of sp³-hybridized carbons (Fsp3) is 0.667. The molecule has 0 saturated carbocycles. The number of nitrogens with one attached hydrogen (secondary N) is 2. The van der Waals surface area contributed by atoms with E-state index in [4.69, 9.17) is 4.74 Å². The van der Waals surface area contributed by atoms with Gasteiger partial charge in [0.2, 0.25) is 6.35 Å². The highest BCUT2D eigenvalue weighted by molar-refractivity contribution is 4.95. The summed E-state index contributed by atoms with van der Waals surface area (Å²) < 4.78 is 5.12. The van der Waals surface area contributed by atoms with E-state index in [-0.39, 0.29) is 6.35 Å². The number of ether oxygens (including phenoxy) is 1. The minimum Gasteiger partial charge on any atom is -0.463 e. The minimum atomic E-state index is -0.00463. The molecule has 0 saturated heterocycles. The predicted molar refractivity (Wildman–Crippen MR) is 35.4 cm³/mol. The lowest BCUT2D eigenvalue weighted by atomic mass is 10.6. The largest absolute Gasteiger partial charge is 0.463 e. The summed E-state index contributed by atoms with van der Waals surface area (Å²) in [5, 5.41) is 6.17. The maximum absolute atomic E-state index is 5.12. The molecule has 1 aliphatic rings. The van der Waals surface area contributed by atoms with Gasteiger partial charge in [0.05, 0.1) is 0 Å². The molecule has 9 heavy (non-hydrogen) atoms. The van der Waals surface area contributed by atoms with Crippen LogP contribution in [0.3, 0.4) is 0 Å². The average molecular weight is 128 g/mol. The van der Waals surface area contributed by atoms with Gasteiger partial charge in [-0.25, -0.2) is 0 Å². The zero-order chi connectivity index (χ0) is 6.69. The summed E-state index contributed by atoms with van der Waals surface area (Å²) in [5.41, 5.74) is 1.07. The molecule has 0 spiro atoms. The molecule has 0 bridgehead atoms. The topological polar surface area (TPSA) is 33.3 Å². The number of hydrogen-bond acceptors (Lipinski definition) is 3. The highest BCUT2D eigenvalue weighted by Gasteiger charge is 2.10. The molecule has 0 radical (unpaired) electrons. The van der Waals surface area contributed by atoms with Gasteiger partial charge in [0, 0.05) is 5.70 Å². The lowest BCUT2D eigenvalue weighted by Crippen LogP contribution is -2.38. The van der Waals surface area contributed by atoms with Crippen molar-refractivity contribution in [1.29, 1.82) is 0 Å². The smallest absolute Gasteiger partial charge is 0.226 e. The van der Waals surface area contributed by atoms with Crippen molar-refractivity contribution in [2.45, 2.75) is 20.2 Å². The molecule has 0 fully saturated rings. The van der Waals surface area contributed by atoms with Crippen LogP contribution in [0.5, 0.6) is 0 Å². The standard InChI is InChI=1S/C6H12N2O/c1-3-7-6-8-5(2)4-9-6/h4,6-8H,3H2,1-2H3. The second kappa shape index (κ2) is 2.73. The monoisotopic (exact) mass is 128 g/mol. The predicted octanol–water partition coefficient (Wildman–Crippen LogP) is 0.361. The molecule has 0 aliphatic carbocycles. The summed E-state index contributed by atoms with van der Waals surface area (Å²) in [6, 6.07) is 0. The van der Waals surface area contributed by atoms with E-state index >= 15 is 0 Å². The van der Waals surface area contributed by atoms with E-state index in [0.29, 0.717) is 0 Å². The van der Waals surface area contributed by atoms with Crippen LogP contribution in [0.15, 0.2) is 12.0 Å². The molecule has 0 aromatic rings. The zero-order valence-corrected chi connectivity index (χ0v) is 5.77. The SMILES string of the molecule is CCNC1NC(C)=CO1. The summed E-state index contributed by atoms with van der Waals surface area (Å²) in [6.45, 7) is 4.93. The molecule has 1 aliphatic heterocycles. The summed E-state index contributed by atoms with van der Waals surface area (Å²) >= 11 is 0. The number of allylic oxidation sites excluding steroid dienone is 1. The molecule has 52 valence electrons. The summed E-state index contributed by atoms with van der Waals surface area (Å²) in [6.07, 6.45) is 1.71. The van der Waals surface area contributed by atoms with Crippen LogP contribution in [0.25, 0.3) is 0 Å². The van der Waals surface area contributed by atoms with Crippen LogP contribution in [-0.4, -0.2) is 12.9 Å². The van der Waals surface area contributed by atoms with Crippen molar-refractivity contribution in [2.75, 3.05) is 6.54 Å². The molecular weight excluding hydrogens is 116 g/mol. The van der Waals surface area contributed by atoms with Crippen molar-refractivity contribution in [3.05, 3.63) is 12.0 Å². The van der Waals surface area contributed by atoms with Gasteiger partial charge in [-0.15, -0.1) is 0 Å². The van der Waals surface area contributed by atoms with Gasteiger partial charge in [-0.2, -0.15) is 0 Å². The van der Waals surface area contributed by atoms with Crippen LogP contribution in [0, 0.1) is 0 Å². The molecule has 2 N–H and O–H groups in total. The van der Waals surface area contributed by atoms with Gasteiger partial charge in [0.25, 0.3) is 0 Å². The average Bonchev–Trinajstić information content (AvgIpc) is 2.17. The van der Waals surface area contributed by atoms with E-state index in [0.717, 1.165) is 12.2 Å². The van der Waals surface area contributed by atoms with Gasteiger partial charge in [-0.3, -0.25) is 5.32 Å². The number of hydrogen-bond donors (Lipinski definition) is 2. The van der Waals surface area contributed by atoms with Gasteiger partial charge in [0.1, 0.15) is 6.26 Å². The molecule has 0 aromatic heterocycles. The van der Waals surface area contributed by atoms with Crippen molar-refractivity contribution in [1.82, 2.24) is 10.6 Å². The lowest BCUT2D eigenvalue weighted by molar-refractivity contribution is 0.119. The van der Waals surface area contributed by atoms with Crippen molar-refractivity contribution in [3.63, 3.8) is 0 Å². The van der Waals surface area contributed by atoms with E-state index in [1.807, 2.05) is 13.8 Å². The molecule has 0 amide bonds. The second-order valence-corrected chi connectivity index (χ2v) is 2.02. The van der Waals surface area contributed by atoms with Crippen LogP contribution < -0.4 is 10.6 Å². The van der Waals surface area contributed by atoms with E-state index in [1.165, 1.54) is 0 Å². The Kier molecular flexibility index (Phi) is 1.95. The van der Waals surface area contributed by atoms with Crippen LogP contribution in [0.2, 0.25) is 0 Å². The van der Waals surface area contributed by atoms with Crippen LogP contribution in [-0.2, 0) is 4.74 Å². The summed E-state index contributed by atoms with van der Waals surface area (Å²) in [4.78, 5) is 0. The summed E-state index contributed by atoms with van der Waals surface area (Å²) in [5.74, 6) is 0. The van der Waals surface area contributed by atoms with E-state index < -0.39 is 0 Å². The highest BCUT2D eigenvalue weighted by Crippen LogP contribution is 2.00.